The van der Waals surface area contributed by atoms with Gasteiger partial charge in [0.1, 0.15) is 5.82 Å². The summed E-state index contributed by atoms with van der Waals surface area (Å²) in [6.45, 7) is 1.07. The number of rotatable bonds is 4. The van der Waals surface area contributed by atoms with Crippen LogP contribution in [0.2, 0.25) is 0 Å². The van der Waals surface area contributed by atoms with Gasteiger partial charge in [-0.3, -0.25) is 4.68 Å². The van der Waals surface area contributed by atoms with Gasteiger partial charge in [-0.2, -0.15) is 5.10 Å². The number of nitrogens with zero attached hydrogens (tertiary/aromatic N) is 2. The average molecular weight is 207 g/mol. The Morgan fingerprint density at radius 2 is 2.20 bits per heavy atom. The maximum atomic E-state index is 4.30. The van der Waals surface area contributed by atoms with Gasteiger partial charge in [-0.05, 0) is 12.3 Å². The average Bonchev–Trinajstić information content (AvgIpc) is 2.66. The van der Waals surface area contributed by atoms with Crippen molar-refractivity contribution in [3.63, 3.8) is 0 Å². The van der Waals surface area contributed by atoms with Crippen LogP contribution in [0, 0.1) is 5.92 Å². The van der Waals surface area contributed by atoms with Crippen LogP contribution in [0.4, 0.5) is 5.82 Å². The number of anilines is 1. The van der Waals surface area contributed by atoms with Gasteiger partial charge in [0.05, 0.1) is 0 Å². The van der Waals surface area contributed by atoms with Crippen molar-refractivity contribution in [1.29, 1.82) is 0 Å². The zero-order valence-electron chi connectivity index (χ0n) is 9.58. The van der Waals surface area contributed by atoms with E-state index in [1.807, 2.05) is 24.0 Å². The second-order valence-corrected chi connectivity index (χ2v) is 4.59. The van der Waals surface area contributed by atoms with Crippen LogP contribution in [0.5, 0.6) is 0 Å². The summed E-state index contributed by atoms with van der Waals surface area (Å²) in [5.74, 6) is 1.96. The summed E-state index contributed by atoms with van der Waals surface area (Å²) in [7, 11) is 1.95. The highest BCUT2D eigenvalue weighted by atomic mass is 15.3. The van der Waals surface area contributed by atoms with Crippen LogP contribution in [0.25, 0.3) is 0 Å². The summed E-state index contributed by atoms with van der Waals surface area (Å²) in [5, 5.41) is 7.68. The minimum atomic E-state index is 0.954. The topological polar surface area (TPSA) is 29.9 Å². The van der Waals surface area contributed by atoms with E-state index in [0.717, 1.165) is 18.3 Å². The minimum Gasteiger partial charge on any atom is -0.369 e. The maximum absolute atomic E-state index is 4.30. The fourth-order valence-corrected chi connectivity index (χ4v) is 2.39. The van der Waals surface area contributed by atoms with Crippen molar-refractivity contribution in [3.8, 4) is 0 Å². The van der Waals surface area contributed by atoms with Gasteiger partial charge in [0, 0.05) is 25.9 Å². The third kappa shape index (κ3) is 3.26. The minimum absolute atomic E-state index is 0.954. The molecule has 0 unspecified atom stereocenters. The summed E-state index contributed by atoms with van der Waals surface area (Å²) in [6, 6.07) is 2.03. The molecule has 0 radical (unpaired) electrons. The van der Waals surface area contributed by atoms with Gasteiger partial charge in [0.15, 0.2) is 0 Å². The van der Waals surface area contributed by atoms with E-state index in [9.17, 15) is 0 Å². The normalized spacial score (nSPS) is 17.9. The summed E-state index contributed by atoms with van der Waals surface area (Å²) in [6.07, 6.45) is 10.5. The van der Waals surface area contributed by atoms with Crippen LogP contribution in [-0.4, -0.2) is 16.3 Å². The van der Waals surface area contributed by atoms with Crippen molar-refractivity contribution < 1.29 is 0 Å². The lowest BCUT2D eigenvalue weighted by molar-refractivity contribution is 0.345. The molecule has 2 rings (SSSR count). The van der Waals surface area contributed by atoms with Crippen LogP contribution < -0.4 is 5.32 Å². The molecule has 0 aromatic carbocycles. The lowest BCUT2D eigenvalue weighted by Gasteiger charge is -2.21. The molecule has 1 fully saturated rings. The Morgan fingerprint density at radius 3 is 2.87 bits per heavy atom. The van der Waals surface area contributed by atoms with Gasteiger partial charge >= 0.3 is 0 Å². The Kier molecular flexibility index (Phi) is 3.64. The molecule has 1 saturated carbocycles. The van der Waals surface area contributed by atoms with Crippen LogP contribution >= 0.6 is 0 Å². The van der Waals surface area contributed by atoms with Gasteiger partial charge in [0.2, 0.25) is 0 Å². The molecule has 1 N–H and O–H groups in total. The largest absolute Gasteiger partial charge is 0.369 e. The first-order valence-electron chi connectivity index (χ1n) is 6.08. The monoisotopic (exact) mass is 207 g/mol. The molecular weight excluding hydrogens is 186 g/mol. The number of nitrogens with one attached hydrogen (secondary N) is 1. The van der Waals surface area contributed by atoms with Crippen LogP contribution in [0.15, 0.2) is 12.3 Å². The number of aromatic nitrogens is 2. The Balaban J connectivity index is 1.65. The number of hydrogen-bond donors (Lipinski definition) is 1. The molecule has 1 aliphatic carbocycles. The molecule has 0 spiro atoms. The van der Waals surface area contributed by atoms with Crippen molar-refractivity contribution in [2.45, 2.75) is 38.5 Å². The van der Waals surface area contributed by atoms with Crippen molar-refractivity contribution in [1.82, 2.24) is 9.78 Å². The fourth-order valence-electron chi connectivity index (χ4n) is 2.39. The predicted molar refractivity (Wildman–Crippen MR) is 62.9 cm³/mol. The number of hydrogen-bond acceptors (Lipinski definition) is 2. The lowest BCUT2D eigenvalue weighted by atomic mass is 9.87. The zero-order valence-corrected chi connectivity index (χ0v) is 9.58. The molecule has 1 aromatic heterocycles. The molecule has 0 bridgehead atoms. The van der Waals surface area contributed by atoms with Crippen LogP contribution in [0.1, 0.15) is 38.5 Å². The molecular formula is C12H21N3. The lowest BCUT2D eigenvalue weighted by Crippen LogP contribution is -2.12. The first-order chi connectivity index (χ1) is 7.34. The summed E-state index contributed by atoms with van der Waals surface area (Å²) in [5.41, 5.74) is 0. The van der Waals surface area contributed by atoms with Crippen molar-refractivity contribution in [2.75, 3.05) is 11.9 Å². The van der Waals surface area contributed by atoms with E-state index in [-0.39, 0.29) is 0 Å². The number of aryl methyl sites for hydroxylation is 1. The third-order valence-corrected chi connectivity index (χ3v) is 3.30. The van der Waals surface area contributed by atoms with E-state index in [4.69, 9.17) is 0 Å². The Bertz CT molecular complexity index is 287. The van der Waals surface area contributed by atoms with Crippen LogP contribution in [0.3, 0.4) is 0 Å². The summed E-state index contributed by atoms with van der Waals surface area (Å²) in [4.78, 5) is 0. The molecule has 3 nitrogen and oxygen atoms in total. The highest BCUT2D eigenvalue weighted by Crippen LogP contribution is 2.25. The van der Waals surface area contributed by atoms with Gasteiger partial charge in [-0.15, -0.1) is 0 Å². The van der Waals surface area contributed by atoms with Crippen molar-refractivity contribution >= 4 is 5.82 Å². The van der Waals surface area contributed by atoms with Crippen molar-refractivity contribution in [2.24, 2.45) is 13.0 Å². The van der Waals surface area contributed by atoms with E-state index in [0.29, 0.717) is 0 Å². The highest BCUT2D eigenvalue weighted by Gasteiger charge is 2.12. The second kappa shape index (κ2) is 5.19. The molecule has 1 aromatic rings. The van der Waals surface area contributed by atoms with Gasteiger partial charge in [0.25, 0.3) is 0 Å². The molecule has 15 heavy (non-hydrogen) atoms. The van der Waals surface area contributed by atoms with E-state index in [1.165, 1.54) is 38.5 Å². The Hall–Kier alpha value is -0.990. The highest BCUT2D eigenvalue weighted by molar-refractivity contribution is 5.31. The molecule has 0 aliphatic heterocycles. The first kappa shape index (κ1) is 10.5. The predicted octanol–water partition coefficient (Wildman–Crippen LogP) is 2.80. The van der Waals surface area contributed by atoms with E-state index < -0.39 is 0 Å². The van der Waals surface area contributed by atoms with Gasteiger partial charge < -0.3 is 5.32 Å². The van der Waals surface area contributed by atoms with E-state index in [1.54, 1.807) is 0 Å². The molecule has 3 heteroatoms. The third-order valence-electron chi connectivity index (χ3n) is 3.30. The molecule has 1 aliphatic rings. The van der Waals surface area contributed by atoms with Gasteiger partial charge in [-0.1, -0.05) is 32.1 Å². The van der Waals surface area contributed by atoms with Gasteiger partial charge in [-0.25, -0.2) is 0 Å². The van der Waals surface area contributed by atoms with E-state index >= 15 is 0 Å². The van der Waals surface area contributed by atoms with Crippen molar-refractivity contribution in [3.05, 3.63) is 12.3 Å². The second-order valence-electron chi connectivity index (χ2n) is 4.59. The molecule has 0 atom stereocenters. The van der Waals surface area contributed by atoms with E-state index in [2.05, 4.69) is 10.4 Å². The quantitative estimate of drug-likeness (QED) is 0.822. The maximum Gasteiger partial charge on any atom is 0.147 e. The molecule has 1 heterocycles. The SMILES string of the molecule is Cn1ccc(NCCC2CCCCC2)n1. The Labute approximate surface area is 91.9 Å². The zero-order chi connectivity index (χ0) is 10.5. The smallest absolute Gasteiger partial charge is 0.147 e. The fraction of sp³-hybridized carbons (Fsp3) is 0.750. The molecule has 84 valence electrons. The summed E-state index contributed by atoms with van der Waals surface area (Å²) >= 11 is 0. The first-order valence-corrected chi connectivity index (χ1v) is 6.08. The molecule has 0 amide bonds. The Morgan fingerprint density at radius 1 is 1.40 bits per heavy atom. The summed E-state index contributed by atoms with van der Waals surface area (Å²) < 4.78 is 1.84. The standard InChI is InChI=1S/C12H21N3/c1-15-10-8-12(14-15)13-9-7-11-5-3-2-4-6-11/h8,10-11H,2-7,9H2,1H3,(H,13,14). The molecule has 0 saturated heterocycles. The van der Waals surface area contributed by atoms with Crippen LogP contribution in [-0.2, 0) is 7.05 Å².